The van der Waals surface area contributed by atoms with Gasteiger partial charge in [0.25, 0.3) is 10.0 Å². The van der Waals surface area contributed by atoms with Crippen molar-refractivity contribution in [2.45, 2.75) is 24.7 Å². The number of aryl methyl sites for hydroxylation is 1. The van der Waals surface area contributed by atoms with Crippen LogP contribution in [0.5, 0.6) is 28.7 Å². The van der Waals surface area contributed by atoms with Gasteiger partial charge < -0.3 is 18.9 Å². The summed E-state index contributed by atoms with van der Waals surface area (Å²) in [7, 11) is -1.30. The van der Waals surface area contributed by atoms with E-state index in [9.17, 15) is 26.9 Å². The molecule has 0 fully saturated rings. The van der Waals surface area contributed by atoms with Gasteiger partial charge in [0.05, 0.1) is 31.2 Å². The molecule has 0 aliphatic carbocycles. The Morgan fingerprint density at radius 2 is 1.71 bits per heavy atom. The van der Waals surface area contributed by atoms with Gasteiger partial charge in [0, 0.05) is 23.2 Å². The quantitative estimate of drug-likeness (QED) is 0.204. The van der Waals surface area contributed by atoms with E-state index in [-0.39, 0.29) is 33.6 Å². The number of rotatable bonds is 10. The third-order valence-corrected chi connectivity index (χ3v) is 8.34. The van der Waals surface area contributed by atoms with Gasteiger partial charge in [-0.25, -0.2) is 17.7 Å². The summed E-state index contributed by atoms with van der Waals surface area (Å²) < 4.78 is 86.8. The second-order valence-electron chi connectivity index (χ2n) is 8.35. The predicted octanol–water partition coefficient (Wildman–Crippen LogP) is 6.43. The molecular formula is C27H22F3N3O6S2. The monoisotopic (exact) mass is 605 g/mol. The minimum Gasteiger partial charge on any atom is -0.497 e. The van der Waals surface area contributed by atoms with E-state index >= 15 is 0 Å². The zero-order chi connectivity index (χ0) is 29.8. The first kappa shape index (κ1) is 29.5. The van der Waals surface area contributed by atoms with Crippen molar-refractivity contribution < 1.29 is 40.5 Å². The van der Waals surface area contributed by atoms with Crippen molar-refractivity contribution >= 4 is 26.5 Å². The molecule has 14 heteroatoms. The Hall–Kier alpha value is -4.48. The molecule has 1 aromatic heterocycles. The highest BCUT2D eigenvalue weighted by molar-refractivity contribution is 7.93. The summed E-state index contributed by atoms with van der Waals surface area (Å²) in [6.45, 7) is 1.37. The summed E-state index contributed by atoms with van der Waals surface area (Å²) in [6, 6.07) is 14.1. The molecule has 214 valence electrons. The van der Waals surface area contributed by atoms with E-state index in [4.69, 9.17) is 14.2 Å². The number of nitrogens with zero attached hydrogens (tertiary/aromatic N) is 3. The van der Waals surface area contributed by atoms with Crippen molar-refractivity contribution in [1.82, 2.24) is 4.98 Å². The SMILES string of the molecule is COc1ccc(CN(c2nccs2)S(=O)(=O)c2ccc(Oc3ccc(OC(F)(F)F)cc3C)c(C#N)c2)c(OC)c1. The lowest BCUT2D eigenvalue weighted by molar-refractivity contribution is -0.274. The van der Waals surface area contributed by atoms with Crippen molar-refractivity contribution in [1.29, 1.82) is 5.26 Å². The van der Waals surface area contributed by atoms with Crippen LogP contribution in [-0.2, 0) is 16.6 Å². The highest BCUT2D eigenvalue weighted by Crippen LogP contribution is 2.35. The average Bonchev–Trinajstić information content (AvgIpc) is 3.46. The van der Waals surface area contributed by atoms with Gasteiger partial charge in [-0.2, -0.15) is 5.26 Å². The van der Waals surface area contributed by atoms with Gasteiger partial charge in [0.15, 0.2) is 5.13 Å². The van der Waals surface area contributed by atoms with Crippen LogP contribution in [-0.4, -0.2) is 34.0 Å². The Balaban J connectivity index is 1.67. The van der Waals surface area contributed by atoms with Crippen LogP contribution in [0.1, 0.15) is 16.7 Å². The van der Waals surface area contributed by atoms with Crippen LogP contribution in [0.2, 0.25) is 0 Å². The van der Waals surface area contributed by atoms with Gasteiger partial charge >= 0.3 is 6.36 Å². The Morgan fingerprint density at radius 1 is 0.976 bits per heavy atom. The minimum atomic E-state index is -4.85. The van der Waals surface area contributed by atoms with E-state index in [1.165, 1.54) is 45.5 Å². The molecular weight excluding hydrogens is 583 g/mol. The van der Waals surface area contributed by atoms with Gasteiger partial charge in [-0.3, -0.25) is 0 Å². The van der Waals surface area contributed by atoms with Crippen LogP contribution >= 0.6 is 11.3 Å². The van der Waals surface area contributed by atoms with Gasteiger partial charge in [-0.15, -0.1) is 24.5 Å². The molecule has 0 radical (unpaired) electrons. The lowest BCUT2D eigenvalue weighted by Gasteiger charge is -2.23. The Bertz CT molecular complexity index is 1690. The summed E-state index contributed by atoms with van der Waals surface area (Å²) >= 11 is 1.11. The normalized spacial score (nSPS) is 11.4. The standard InChI is InChI=1S/C27H22F3N3O6S2/c1-17-12-21(39-27(28,29)30)6-8-23(17)38-24-9-7-22(13-19(24)15-31)41(34,35)33(26-32-10-11-40-26)16-18-4-5-20(36-2)14-25(18)37-3/h4-14H,16H2,1-3H3. The van der Waals surface area contributed by atoms with E-state index in [1.54, 1.807) is 23.6 Å². The Kier molecular flexibility index (Phi) is 8.60. The first-order valence-electron chi connectivity index (χ1n) is 11.7. The van der Waals surface area contributed by atoms with Gasteiger partial charge in [0.2, 0.25) is 0 Å². The summed E-state index contributed by atoms with van der Waals surface area (Å²) in [5, 5.41) is 11.6. The van der Waals surface area contributed by atoms with Gasteiger partial charge in [-0.1, -0.05) is 0 Å². The number of aromatic nitrogens is 1. The summed E-state index contributed by atoms with van der Waals surface area (Å²) in [6.07, 6.45) is -3.38. The molecule has 4 aromatic rings. The highest BCUT2D eigenvalue weighted by atomic mass is 32.2. The number of thiazole rings is 1. The van der Waals surface area contributed by atoms with Crippen molar-refractivity contribution in [2.24, 2.45) is 0 Å². The molecule has 0 saturated carbocycles. The number of alkyl halides is 3. The molecule has 0 saturated heterocycles. The molecule has 1 heterocycles. The third kappa shape index (κ3) is 6.82. The second kappa shape index (κ2) is 11.9. The zero-order valence-corrected chi connectivity index (χ0v) is 23.4. The van der Waals surface area contributed by atoms with Crippen molar-refractivity contribution in [3.63, 3.8) is 0 Å². The van der Waals surface area contributed by atoms with E-state index in [0.29, 0.717) is 22.6 Å². The molecule has 0 spiro atoms. The topological polar surface area (TPSA) is 111 Å². The Morgan fingerprint density at radius 3 is 2.32 bits per heavy atom. The number of anilines is 1. The molecule has 0 aliphatic rings. The highest BCUT2D eigenvalue weighted by Gasteiger charge is 2.32. The molecule has 0 atom stereocenters. The predicted molar refractivity (Wildman–Crippen MR) is 144 cm³/mol. The lowest BCUT2D eigenvalue weighted by atomic mass is 10.2. The maximum absolute atomic E-state index is 13.9. The number of nitriles is 1. The van der Waals surface area contributed by atoms with Crippen molar-refractivity contribution in [2.75, 3.05) is 18.5 Å². The Labute approximate surface area is 238 Å². The third-order valence-electron chi connectivity index (χ3n) is 5.70. The van der Waals surface area contributed by atoms with Crippen LogP contribution < -0.4 is 23.3 Å². The largest absolute Gasteiger partial charge is 0.573 e. The lowest BCUT2D eigenvalue weighted by Crippen LogP contribution is -2.30. The number of sulfonamides is 1. The van der Waals surface area contributed by atoms with Crippen LogP contribution in [0.3, 0.4) is 0 Å². The molecule has 3 aromatic carbocycles. The van der Waals surface area contributed by atoms with E-state index < -0.39 is 22.1 Å². The number of benzene rings is 3. The maximum atomic E-state index is 13.9. The average molecular weight is 606 g/mol. The molecule has 41 heavy (non-hydrogen) atoms. The number of hydrogen-bond acceptors (Lipinski definition) is 9. The van der Waals surface area contributed by atoms with Crippen molar-refractivity contribution in [3.05, 3.63) is 82.9 Å². The summed E-state index contributed by atoms with van der Waals surface area (Å²) in [5.74, 6) is 0.672. The van der Waals surface area contributed by atoms with Crippen LogP contribution in [0.15, 0.2) is 71.1 Å². The van der Waals surface area contributed by atoms with Crippen LogP contribution in [0.25, 0.3) is 0 Å². The smallest absolute Gasteiger partial charge is 0.497 e. The first-order valence-corrected chi connectivity index (χ1v) is 14.0. The van der Waals surface area contributed by atoms with Gasteiger partial charge in [0.1, 0.15) is 34.8 Å². The fraction of sp³-hybridized carbons (Fsp3) is 0.185. The molecule has 0 bridgehead atoms. The molecule has 4 rings (SSSR count). The first-order chi connectivity index (χ1) is 19.4. The number of methoxy groups -OCH3 is 2. The maximum Gasteiger partial charge on any atom is 0.573 e. The fourth-order valence-electron chi connectivity index (χ4n) is 3.76. The van der Waals surface area contributed by atoms with Crippen LogP contribution in [0.4, 0.5) is 18.3 Å². The number of halogens is 3. The molecule has 0 unspecified atom stereocenters. The van der Waals surface area contributed by atoms with E-state index in [1.807, 2.05) is 6.07 Å². The fourth-order valence-corrected chi connectivity index (χ4v) is 6.05. The zero-order valence-electron chi connectivity index (χ0n) is 21.8. The summed E-state index contributed by atoms with van der Waals surface area (Å²) in [4.78, 5) is 3.98. The van der Waals surface area contributed by atoms with Gasteiger partial charge in [-0.05, 0) is 61.0 Å². The molecule has 0 N–H and O–H groups in total. The number of ether oxygens (including phenoxy) is 4. The minimum absolute atomic E-state index is 0.0108. The molecule has 9 nitrogen and oxygen atoms in total. The van der Waals surface area contributed by atoms with E-state index in [2.05, 4.69) is 9.72 Å². The summed E-state index contributed by atoms with van der Waals surface area (Å²) in [5.41, 5.74) is 0.735. The van der Waals surface area contributed by atoms with E-state index in [0.717, 1.165) is 33.8 Å². The molecule has 0 aliphatic heterocycles. The molecule has 0 amide bonds. The second-order valence-corrected chi connectivity index (χ2v) is 11.1. The number of hydrogen-bond donors (Lipinski definition) is 0. The van der Waals surface area contributed by atoms with Crippen LogP contribution in [0, 0.1) is 18.3 Å². The van der Waals surface area contributed by atoms with Crippen molar-refractivity contribution in [3.8, 4) is 34.8 Å².